The van der Waals surface area contributed by atoms with Gasteiger partial charge in [0.25, 0.3) is 0 Å². The van der Waals surface area contributed by atoms with E-state index in [1.54, 1.807) is 6.92 Å². The Bertz CT molecular complexity index is 219. The van der Waals surface area contributed by atoms with Gasteiger partial charge in [0.15, 0.2) is 0 Å². The molecule has 2 nitrogen and oxygen atoms in total. The molecule has 0 saturated carbocycles. The first-order valence-electron chi connectivity index (χ1n) is 5.42. The summed E-state index contributed by atoms with van der Waals surface area (Å²) in [6.45, 7) is 1.76. The summed E-state index contributed by atoms with van der Waals surface area (Å²) in [5, 5.41) is 0. The minimum absolute atomic E-state index is 0. The SMILES string of the molecule is CC(=O)C1CCCC2CCC1N2C.Cl. The van der Waals surface area contributed by atoms with Gasteiger partial charge in [-0.2, -0.15) is 0 Å². The Kier molecular flexibility index (Phi) is 3.96. The molecule has 2 saturated heterocycles. The first kappa shape index (κ1) is 12.0. The van der Waals surface area contributed by atoms with Crippen LogP contribution in [0.5, 0.6) is 0 Å². The van der Waals surface area contributed by atoms with Crippen LogP contribution in [0.3, 0.4) is 0 Å². The molecule has 3 unspecified atom stereocenters. The van der Waals surface area contributed by atoms with Gasteiger partial charge in [0.2, 0.25) is 0 Å². The predicted octanol–water partition coefficient (Wildman–Crippen LogP) is 2.26. The lowest BCUT2D eigenvalue weighted by Crippen LogP contribution is -2.37. The number of Topliss-reactive ketones (excluding diaryl/α,β-unsaturated/α-hetero) is 1. The zero-order valence-electron chi connectivity index (χ0n) is 9.03. The molecular formula is C11H20ClNO. The van der Waals surface area contributed by atoms with E-state index in [4.69, 9.17) is 0 Å². The van der Waals surface area contributed by atoms with Gasteiger partial charge in [0.05, 0.1) is 0 Å². The van der Waals surface area contributed by atoms with E-state index in [1.807, 2.05) is 0 Å². The van der Waals surface area contributed by atoms with Crippen LogP contribution in [0, 0.1) is 5.92 Å². The zero-order valence-corrected chi connectivity index (χ0v) is 9.85. The van der Waals surface area contributed by atoms with Crippen molar-refractivity contribution in [2.75, 3.05) is 7.05 Å². The highest BCUT2D eigenvalue weighted by atomic mass is 35.5. The average molecular weight is 218 g/mol. The Morgan fingerprint density at radius 1 is 1.21 bits per heavy atom. The normalized spacial score (nSPS) is 37.4. The fourth-order valence-electron chi connectivity index (χ4n) is 3.11. The van der Waals surface area contributed by atoms with Crippen molar-refractivity contribution in [3.8, 4) is 0 Å². The Morgan fingerprint density at radius 2 is 1.93 bits per heavy atom. The second-order valence-electron chi connectivity index (χ2n) is 4.61. The Hall–Kier alpha value is -0.0800. The monoisotopic (exact) mass is 217 g/mol. The molecule has 0 aromatic rings. The van der Waals surface area contributed by atoms with E-state index in [0.717, 1.165) is 12.5 Å². The number of halogens is 1. The van der Waals surface area contributed by atoms with Crippen molar-refractivity contribution < 1.29 is 4.79 Å². The van der Waals surface area contributed by atoms with Crippen molar-refractivity contribution in [3.63, 3.8) is 0 Å². The van der Waals surface area contributed by atoms with Crippen LogP contribution in [0.15, 0.2) is 0 Å². The summed E-state index contributed by atoms with van der Waals surface area (Å²) >= 11 is 0. The van der Waals surface area contributed by atoms with Gasteiger partial charge in [0.1, 0.15) is 5.78 Å². The number of ketones is 1. The molecule has 14 heavy (non-hydrogen) atoms. The minimum atomic E-state index is 0. The Labute approximate surface area is 92.5 Å². The summed E-state index contributed by atoms with van der Waals surface area (Å²) in [7, 11) is 2.20. The lowest BCUT2D eigenvalue weighted by molar-refractivity contribution is -0.122. The van der Waals surface area contributed by atoms with Gasteiger partial charge >= 0.3 is 0 Å². The van der Waals surface area contributed by atoms with E-state index in [2.05, 4.69) is 11.9 Å². The molecule has 3 atom stereocenters. The predicted molar refractivity (Wildman–Crippen MR) is 59.8 cm³/mol. The maximum absolute atomic E-state index is 11.5. The van der Waals surface area contributed by atoms with Crippen LogP contribution in [-0.2, 0) is 4.79 Å². The first-order valence-corrected chi connectivity index (χ1v) is 5.42. The fraction of sp³-hybridized carbons (Fsp3) is 0.909. The van der Waals surface area contributed by atoms with Gasteiger partial charge in [-0.15, -0.1) is 12.4 Å². The smallest absolute Gasteiger partial charge is 0.134 e. The molecule has 0 amide bonds. The average Bonchev–Trinajstić information content (AvgIpc) is 2.26. The van der Waals surface area contributed by atoms with Crippen LogP contribution >= 0.6 is 12.4 Å². The van der Waals surface area contributed by atoms with Crippen LogP contribution in [0.1, 0.15) is 39.0 Å². The molecule has 3 heteroatoms. The van der Waals surface area contributed by atoms with Crippen molar-refractivity contribution in [2.24, 2.45) is 5.92 Å². The number of fused-ring (bicyclic) bond motifs is 2. The highest BCUT2D eigenvalue weighted by Crippen LogP contribution is 2.36. The van der Waals surface area contributed by atoms with Gasteiger partial charge in [-0.3, -0.25) is 9.69 Å². The number of carbonyl (C=O) groups excluding carboxylic acids is 1. The molecule has 0 aromatic carbocycles. The standard InChI is InChI=1S/C11H19NO.ClH/c1-8(13)10-5-3-4-9-6-7-11(10)12(9)2;/h9-11H,3-7H2,1-2H3;1H. The molecular weight excluding hydrogens is 198 g/mol. The first-order chi connectivity index (χ1) is 6.20. The van der Waals surface area contributed by atoms with E-state index in [0.29, 0.717) is 17.7 Å². The van der Waals surface area contributed by atoms with Gasteiger partial charge in [-0.05, 0) is 39.7 Å². The number of hydrogen-bond acceptors (Lipinski definition) is 2. The van der Waals surface area contributed by atoms with Crippen LogP contribution in [0.25, 0.3) is 0 Å². The summed E-state index contributed by atoms with van der Waals surface area (Å²) in [6.07, 6.45) is 6.23. The second-order valence-corrected chi connectivity index (χ2v) is 4.61. The summed E-state index contributed by atoms with van der Waals surface area (Å²) < 4.78 is 0. The van der Waals surface area contributed by atoms with Crippen molar-refractivity contribution in [1.29, 1.82) is 0 Å². The largest absolute Gasteiger partial charge is 0.300 e. The highest BCUT2D eigenvalue weighted by molar-refractivity contribution is 5.85. The van der Waals surface area contributed by atoms with Gasteiger partial charge in [-0.25, -0.2) is 0 Å². The quantitative estimate of drug-likeness (QED) is 0.672. The fourth-order valence-corrected chi connectivity index (χ4v) is 3.11. The maximum Gasteiger partial charge on any atom is 0.134 e. The summed E-state index contributed by atoms with van der Waals surface area (Å²) in [5.74, 6) is 0.733. The van der Waals surface area contributed by atoms with Gasteiger partial charge < -0.3 is 0 Å². The van der Waals surface area contributed by atoms with Crippen LogP contribution in [0.2, 0.25) is 0 Å². The molecule has 82 valence electrons. The van der Waals surface area contributed by atoms with Crippen molar-refractivity contribution in [1.82, 2.24) is 4.90 Å². The van der Waals surface area contributed by atoms with Crippen molar-refractivity contribution >= 4 is 18.2 Å². The molecule has 0 aliphatic carbocycles. The molecule has 2 aliphatic rings. The molecule has 2 heterocycles. The van der Waals surface area contributed by atoms with E-state index in [-0.39, 0.29) is 12.4 Å². The molecule has 2 bridgehead atoms. The van der Waals surface area contributed by atoms with E-state index in [9.17, 15) is 4.79 Å². The summed E-state index contributed by atoms with van der Waals surface area (Å²) in [6, 6.07) is 1.33. The zero-order chi connectivity index (χ0) is 9.42. The van der Waals surface area contributed by atoms with Crippen LogP contribution in [-0.4, -0.2) is 29.8 Å². The number of nitrogens with zero attached hydrogens (tertiary/aromatic N) is 1. The van der Waals surface area contributed by atoms with Gasteiger partial charge in [-0.1, -0.05) is 6.42 Å². The van der Waals surface area contributed by atoms with E-state index >= 15 is 0 Å². The highest BCUT2D eigenvalue weighted by Gasteiger charge is 2.39. The number of carbonyl (C=O) groups is 1. The molecule has 2 aliphatic heterocycles. The van der Waals surface area contributed by atoms with Crippen LogP contribution in [0.4, 0.5) is 0 Å². The molecule has 0 aromatic heterocycles. The molecule has 2 rings (SSSR count). The van der Waals surface area contributed by atoms with E-state index in [1.165, 1.54) is 25.7 Å². The Balaban J connectivity index is 0.000000980. The third-order valence-corrected chi connectivity index (χ3v) is 3.93. The summed E-state index contributed by atoms with van der Waals surface area (Å²) in [4.78, 5) is 13.9. The third kappa shape index (κ3) is 1.96. The third-order valence-electron chi connectivity index (χ3n) is 3.93. The van der Waals surface area contributed by atoms with Crippen molar-refractivity contribution in [2.45, 2.75) is 51.1 Å². The Morgan fingerprint density at radius 3 is 2.57 bits per heavy atom. The minimum Gasteiger partial charge on any atom is -0.300 e. The number of rotatable bonds is 1. The van der Waals surface area contributed by atoms with Crippen molar-refractivity contribution in [3.05, 3.63) is 0 Å². The second kappa shape index (κ2) is 4.63. The molecule has 0 radical (unpaired) electrons. The maximum atomic E-state index is 11.5. The lowest BCUT2D eigenvalue weighted by Gasteiger charge is -2.26. The van der Waals surface area contributed by atoms with E-state index < -0.39 is 0 Å². The van der Waals surface area contributed by atoms with Gasteiger partial charge in [0, 0.05) is 18.0 Å². The lowest BCUT2D eigenvalue weighted by atomic mass is 9.88. The topological polar surface area (TPSA) is 20.3 Å². The number of hydrogen-bond donors (Lipinski definition) is 0. The summed E-state index contributed by atoms with van der Waals surface area (Å²) in [5.41, 5.74) is 0. The molecule has 0 N–H and O–H groups in total. The van der Waals surface area contributed by atoms with Crippen LogP contribution < -0.4 is 0 Å². The molecule has 2 fully saturated rings. The molecule has 0 spiro atoms.